The molecule has 0 bridgehead atoms. The van der Waals surface area contributed by atoms with E-state index in [0.717, 1.165) is 12.0 Å². The Morgan fingerprint density at radius 1 is 1.15 bits per heavy atom. The molecule has 0 saturated heterocycles. The van der Waals surface area contributed by atoms with Crippen molar-refractivity contribution >= 4 is 29.4 Å². The van der Waals surface area contributed by atoms with Crippen LogP contribution in [0.2, 0.25) is 5.02 Å². The molecule has 0 spiro atoms. The summed E-state index contributed by atoms with van der Waals surface area (Å²) in [5, 5.41) is 0.559. The summed E-state index contributed by atoms with van der Waals surface area (Å²) in [5.41, 5.74) is -0.230. The van der Waals surface area contributed by atoms with Gasteiger partial charge in [-0.2, -0.15) is 0 Å². The van der Waals surface area contributed by atoms with Gasteiger partial charge in [-0.25, -0.2) is 14.6 Å². The summed E-state index contributed by atoms with van der Waals surface area (Å²) in [4.78, 5) is 29.9. The van der Waals surface area contributed by atoms with Crippen LogP contribution in [0.3, 0.4) is 0 Å². The molecule has 6 heteroatoms. The highest BCUT2D eigenvalue weighted by Gasteiger charge is 2.53. The van der Waals surface area contributed by atoms with Crippen molar-refractivity contribution in [2.45, 2.75) is 38.3 Å². The zero-order valence-corrected chi connectivity index (χ0v) is 15.7. The molecule has 2 aromatic carbocycles. The highest BCUT2D eigenvalue weighted by Crippen LogP contribution is 2.31. The Hall–Kier alpha value is -2.66. The summed E-state index contributed by atoms with van der Waals surface area (Å²) in [6.45, 7) is 2.06. The van der Waals surface area contributed by atoms with Crippen LogP contribution in [0.25, 0.3) is 0 Å². The third kappa shape index (κ3) is 4.19. The lowest BCUT2D eigenvalue weighted by atomic mass is 9.94. The van der Waals surface area contributed by atoms with E-state index in [4.69, 9.17) is 21.1 Å². The van der Waals surface area contributed by atoms with E-state index in [2.05, 4.69) is 4.99 Å². The van der Waals surface area contributed by atoms with E-state index in [-0.39, 0.29) is 18.9 Å². The third-order valence-corrected chi connectivity index (χ3v) is 4.61. The van der Waals surface area contributed by atoms with Gasteiger partial charge in [0.2, 0.25) is 5.90 Å². The second-order valence-electron chi connectivity index (χ2n) is 6.34. The SMILES string of the molecule is CCCC[C@]1(C(=O)OCc2ccccc2)N=C(c2ccc(Cl)cc2)OC1=O. The van der Waals surface area contributed by atoms with E-state index in [1.165, 1.54) is 0 Å². The van der Waals surface area contributed by atoms with Gasteiger partial charge in [-0.3, -0.25) is 0 Å². The molecule has 140 valence electrons. The number of unbranched alkanes of at least 4 members (excludes halogenated alkanes) is 1. The van der Waals surface area contributed by atoms with E-state index < -0.39 is 17.5 Å². The quantitative estimate of drug-likeness (QED) is 0.526. The number of hydrogen-bond donors (Lipinski definition) is 0. The minimum absolute atomic E-state index is 0.0760. The normalized spacial score (nSPS) is 18.7. The van der Waals surface area contributed by atoms with Crippen LogP contribution >= 0.6 is 11.6 Å². The Morgan fingerprint density at radius 2 is 1.85 bits per heavy atom. The van der Waals surface area contributed by atoms with E-state index in [0.29, 0.717) is 17.0 Å². The maximum atomic E-state index is 12.8. The molecule has 3 rings (SSSR count). The minimum atomic E-state index is -1.65. The van der Waals surface area contributed by atoms with Crippen molar-refractivity contribution in [2.24, 2.45) is 4.99 Å². The fourth-order valence-electron chi connectivity index (χ4n) is 2.79. The van der Waals surface area contributed by atoms with E-state index in [1.807, 2.05) is 37.3 Å². The first kappa shape index (κ1) is 19.1. The van der Waals surface area contributed by atoms with Gasteiger partial charge in [0.15, 0.2) is 0 Å². The summed E-state index contributed by atoms with van der Waals surface area (Å²) in [5.74, 6) is -1.27. The fraction of sp³-hybridized carbons (Fsp3) is 0.286. The lowest BCUT2D eigenvalue weighted by molar-refractivity contribution is -0.159. The van der Waals surface area contributed by atoms with Crippen LogP contribution in [-0.2, 0) is 25.7 Å². The van der Waals surface area contributed by atoms with E-state index >= 15 is 0 Å². The van der Waals surface area contributed by atoms with E-state index in [9.17, 15) is 9.59 Å². The molecule has 1 aliphatic heterocycles. The van der Waals surface area contributed by atoms with Crippen LogP contribution in [0.4, 0.5) is 0 Å². The van der Waals surface area contributed by atoms with Crippen LogP contribution < -0.4 is 0 Å². The first-order chi connectivity index (χ1) is 13.0. The maximum Gasteiger partial charge on any atom is 0.352 e. The number of esters is 2. The standard InChI is InChI=1S/C21H20ClNO4/c1-2-3-13-21(19(24)26-14-15-7-5-4-6-8-15)20(25)27-18(23-21)16-9-11-17(22)12-10-16/h4-12H,2-3,13-14H2,1H3/t21-/m1/s1. The molecule has 0 radical (unpaired) electrons. The van der Waals surface area contributed by atoms with Crippen molar-refractivity contribution in [3.05, 3.63) is 70.7 Å². The Kier molecular flexibility index (Phi) is 5.91. The highest BCUT2D eigenvalue weighted by molar-refractivity contribution is 6.30. The lowest BCUT2D eigenvalue weighted by Gasteiger charge is -2.19. The predicted octanol–water partition coefficient (Wildman–Crippen LogP) is 4.32. The van der Waals surface area contributed by atoms with Crippen molar-refractivity contribution < 1.29 is 19.1 Å². The van der Waals surface area contributed by atoms with Gasteiger partial charge in [-0.1, -0.05) is 61.7 Å². The average molecular weight is 386 g/mol. The number of aliphatic imine (C=N–C) groups is 1. The summed E-state index contributed by atoms with van der Waals surface area (Å²) < 4.78 is 10.8. The molecule has 1 aliphatic rings. The molecule has 0 amide bonds. The molecular formula is C21H20ClNO4. The van der Waals surface area contributed by atoms with Gasteiger partial charge in [0.25, 0.3) is 5.54 Å². The van der Waals surface area contributed by atoms with Gasteiger partial charge >= 0.3 is 11.9 Å². The molecule has 5 nitrogen and oxygen atoms in total. The Labute approximate surface area is 163 Å². The van der Waals surface area contributed by atoms with Crippen LogP contribution in [0.5, 0.6) is 0 Å². The third-order valence-electron chi connectivity index (χ3n) is 4.35. The predicted molar refractivity (Wildman–Crippen MR) is 103 cm³/mol. The molecule has 0 aromatic heterocycles. The molecule has 0 N–H and O–H groups in total. The van der Waals surface area contributed by atoms with Crippen LogP contribution in [-0.4, -0.2) is 23.4 Å². The molecule has 1 atom stereocenters. The number of ether oxygens (including phenoxy) is 2. The van der Waals surface area contributed by atoms with Crippen LogP contribution in [0.1, 0.15) is 37.3 Å². The zero-order chi connectivity index (χ0) is 19.3. The molecular weight excluding hydrogens is 366 g/mol. The average Bonchev–Trinajstić information content (AvgIpc) is 3.03. The number of halogens is 1. The van der Waals surface area contributed by atoms with Crippen LogP contribution in [0, 0.1) is 0 Å². The second-order valence-corrected chi connectivity index (χ2v) is 6.78. The van der Waals surface area contributed by atoms with Gasteiger partial charge in [0, 0.05) is 10.6 Å². The van der Waals surface area contributed by atoms with Gasteiger partial charge in [-0.05, 0) is 36.2 Å². The Balaban J connectivity index is 1.85. The van der Waals surface area contributed by atoms with Gasteiger partial charge in [0.05, 0.1) is 0 Å². The summed E-state index contributed by atoms with van der Waals surface area (Å²) in [6.07, 6.45) is 1.70. The maximum absolute atomic E-state index is 12.8. The number of rotatable bonds is 7. The van der Waals surface area contributed by atoms with Crippen molar-refractivity contribution in [1.29, 1.82) is 0 Å². The van der Waals surface area contributed by atoms with E-state index in [1.54, 1.807) is 24.3 Å². The molecule has 0 fully saturated rings. The Bertz CT molecular complexity index is 848. The largest absolute Gasteiger partial charge is 0.459 e. The number of carbonyl (C=O) groups is 2. The molecule has 2 aromatic rings. The van der Waals surface area contributed by atoms with Crippen molar-refractivity contribution in [3.63, 3.8) is 0 Å². The fourth-order valence-corrected chi connectivity index (χ4v) is 2.92. The van der Waals surface area contributed by atoms with Gasteiger partial charge in [0.1, 0.15) is 6.61 Å². The minimum Gasteiger partial charge on any atom is -0.459 e. The highest BCUT2D eigenvalue weighted by atomic mass is 35.5. The molecule has 0 aliphatic carbocycles. The molecule has 0 saturated carbocycles. The second kappa shape index (κ2) is 8.35. The van der Waals surface area contributed by atoms with Gasteiger partial charge in [-0.15, -0.1) is 0 Å². The number of carbonyl (C=O) groups excluding carboxylic acids is 2. The van der Waals surface area contributed by atoms with Gasteiger partial charge < -0.3 is 9.47 Å². The first-order valence-corrected chi connectivity index (χ1v) is 9.22. The summed E-state index contributed by atoms with van der Waals surface area (Å²) >= 11 is 5.90. The summed E-state index contributed by atoms with van der Waals surface area (Å²) in [7, 11) is 0. The molecule has 1 heterocycles. The summed E-state index contributed by atoms with van der Waals surface area (Å²) in [6, 6.07) is 16.0. The zero-order valence-electron chi connectivity index (χ0n) is 15.0. The topological polar surface area (TPSA) is 65.0 Å². The monoisotopic (exact) mass is 385 g/mol. The van der Waals surface area contributed by atoms with Crippen LogP contribution in [0.15, 0.2) is 59.6 Å². The number of cyclic esters (lactones) is 1. The van der Waals surface area contributed by atoms with Crippen molar-refractivity contribution in [3.8, 4) is 0 Å². The number of hydrogen-bond acceptors (Lipinski definition) is 5. The molecule has 0 unspecified atom stereocenters. The molecule has 27 heavy (non-hydrogen) atoms. The number of nitrogens with zero attached hydrogens (tertiary/aromatic N) is 1. The van der Waals surface area contributed by atoms with Crippen molar-refractivity contribution in [2.75, 3.05) is 0 Å². The number of benzene rings is 2. The lowest BCUT2D eigenvalue weighted by Crippen LogP contribution is -2.44. The van der Waals surface area contributed by atoms with Crippen molar-refractivity contribution in [1.82, 2.24) is 0 Å². The first-order valence-electron chi connectivity index (χ1n) is 8.84. The smallest absolute Gasteiger partial charge is 0.352 e. The Morgan fingerprint density at radius 3 is 2.52 bits per heavy atom.